The summed E-state index contributed by atoms with van der Waals surface area (Å²) in [6, 6.07) is 5.62. The molecule has 28 heavy (non-hydrogen) atoms. The highest BCUT2D eigenvalue weighted by Gasteiger charge is 2.51. The first-order valence-corrected chi connectivity index (χ1v) is 8.45. The Morgan fingerprint density at radius 1 is 1.04 bits per heavy atom. The van der Waals surface area contributed by atoms with Crippen LogP contribution in [-0.4, -0.2) is 40.5 Å². The molecule has 0 aromatic carbocycles. The summed E-state index contributed by atoms with van der Waals surface area (Å²) < 4.78 is 10.8. The van der Waals surface area contributed by atoms with Crippen LogP contribution in [0.25, 0.3) is 0 Å². The molecule has 10 heteroatoms. The van der Waals surface area contributed by atoms with Gasteiger partial charge in [0.25, 0.3) is 5.91 Å². The lowest BCUT2D eigenvalue weighted by Crippen LogP contribution is -2.43. The van der Waals surface area contributed by atoms with Crippen LogP contribution in [0, 0.1) is 0 Å². The summed E-state index contributed by atoms with van der Waals surface area (Å²) in [5.41, 5.74) is -0.886. The first-order valence-electron chi connectivity index (χ1n) is 8.45. The Labute approximate surface area is 160 Å². The monoisotopic (exact) mass is 385 g/mol. The SMILES string of the molecule is COC1(C(=O)NC(=O)Nc2ccc(Oc3ccnc(NC(C)=O)c3)cn2)CC1. The van der Waals surface area contributed by atoms with Crippen molar-refractivity contribution in [2.45, 2.75) is 25.4 Å². The second kappa shape index (κ2) is 8.01. The van der Waals surface area contributed by atoms with E-state index in [2.05, 4.69) is 25.9 Å². The van der Waals surface area contributed by atoms with Gasteiger partial charge in [-0.2, -0.15) is 0 Å². The number of ether oxygens (including phenoxy) is 2. The van der Waals surface area contributed by atoms with E-state index in [0.29, 0.717) is 30.2 Å². The maximum atomic E-state index is 11.9. The summed E-state index contributed by atoms with van der Waals surface area (Å²) in [4.78, 5) is 43.0. The average Bonchev–Trinajstić information content (AvgIpc) is 3.44. The number of rotatable bonds is 6. The number of hydrogen-bond donors (Lipinski definition) is 3. The zero-order valence-electron chi connectivity index (χ0n) is 15.3. The summed E-state index contributed by atoms with van der Waals surface area (Å²) in [6.45, 7) is 1.38. The number of nitrogens with zero attached hydrogens (tertiary/aromatic N) is 2. The van der Waals surface area contributed by atoms with Crippen molar-refractivity contribution in [3.63, 3.8) is 0 Å². The van der Waals surface area contributed by atoms with Crippen LogP contribution >= 0.6 is 0 Å². The van der Waals surface area contributed by atoms with E-state index in [-0.39, 0.29) is 11.7 Å². The van der Waals surface area contributed by atoms with Gasteiger partial charge in [0, 0.05) is 26.3 Å². The van der Waals surface area contributed by atoms with Gasteiger partial charge in [-0.05, 0) is 31.0 Å². The molecule has 1 aliphatic rings. The lowest BCUT2D eigenvalue weighted by Gasteiger charge is -2.13. The number of nitrogens with one attached hydrogen (secondary N) is 3. The van der Waals surface area contributed by atoms with Gasteiger partial charge in [-0.25, -0.2) is 14.8 Å². The van der Waals surface area contributed by atoms with E-state index in [0.717, 1.165) is 0 Å². The Balaban J connectivity index is 1.55. The molecule has 1 saturated carbocycles. The van der Waals surface area contributed by atoms with Crippen LogP contribution in [0.2, 0.25) is 0 Å². The van der Waals surface area contributed by atoms with Crippen molar-refractivity contribution >= 4 is 29.5 Å². The van der Waals surface area contributed by atoms with Crippen LogP contribution < -0.4 is 20.7 Å². The first-order chi connectivity index (χ1) is 13.4. The minimum Gasteiger partial charge on any atom is -0.456 e. The van der Waals surface area contributed by atoms with Gasteiger partial charge in [0.05, 0.1) is 6.20 Å². The Morgan fingerprint density at radius 2 is 1.82 bits per heavy atom. The zero-order valence-corrected chi connectivity index (χ0v) is 15.3. The molecule has 1 aliphatic carbocycles. The maximum absolute atomic E-state index is 11.9. The molecule has 3 rings (SSSR count). The van der Waals surface area contributed by atoms with Gasteiger partial charge in [0.2, 0.25) is 5.91 Å². The molecule has 0 saturated heterocycles. The van der Waals surface area contributed by atoms with Crippen LogP contribution in [0.5, 0.6) is 11.5 Å². The number of imide groups is 1. The number of urea groups is 1. The van der Waals surface area contributed by atoms with Crippen molar-refractivity contribution in [1.82, 2.24) is 15.3 Å². The number of pyridine rings is 2. The molecule has 10 nitrogen and oxygen atoms in total. The van der Waals surface area contributed by atoms with Crippen LogP contribution in [0.15, 0.2) is 36.7 Å². The van der Waals surface area contributed by atoms with Crippen LogP contribution in [0.1, 0.15) is 19.8 Å². The number of methoxy groups -OCH3 is 1. The number of carbonyl (C=O) groups excluding carboxylic acids is 3. The number of hydrogen-bond acceptors (Lipinski definition) is 7. The average molecular weight is 385 g/mol. The fourth-order valence-electron chi connectivity index (χ4n) is 2.38. The molecular weight excluding hydrogens is 366 g/mol. The van der Waals surface area contributed by atoms with Crippen molar-refractivity contribution in [1.29, 1.82) is 0 Å². The van der Waals surface area contributed by atoms with Crippen LogP contribution in [0.4, 0.5) is 16.4 Å². The quantitative estimate of drug-likeness (QED) is 0.693. The second-order valence-electron chi connectivity index (χ2n) is 6.15. The molecular formula is C18H19N5O5. The van der Waals surface area contributed by atoms with E-state index in [1.54, 1.807) is 18.2 Å². The van der Waals surface area contributed by atoms with Crippen molar-refractivity contribution < 1.29 is 23.9 Å². The van der Waals surface area contributed by atoms with Gasteiger partial charge in [-0.3, -0.25) is 20.2 Å². The molecule has 0 radical (unpaired) electrons. The van der Waals surface area contributed by atoms with Gasteiger partial charge in [-0.1, -0.05) is 0 Å². The van der Waals surface area contributed by atoms with E-state index < -0.39 is 17.5 Å². The lowest BCUT2D eigenvalue weighted by atomic mass is 10.3. The van der Waals surface area contributed by atoms with E-state index in [1.165, 1.54) is 32.5 Å². The van der Waals surface area contributed by atoms with Gasteiger partial charge in [0.1, 0.15) is 28.7 Å². The molecule has 146 valence electrons. The molecule has 0 aliphatic heterocycles. The van der Waals surface area contributed by atoms with Gasteiger partial charge in [0.15, 0.2) is 0 Å². The van der Waals surface area contributed by atoms with E-state index in [4.69, 9.17) is 9.47 Å². The van der Waals surface area contributed by atoms with E-state index in [1.807, 2.05) is 0 Å². The number of anilines is 2. The summed E-state index contributed by atoms with van der Waals surface area (Å²) >= 11 is 0. The third-order valence-electron chi connectivity index (χ3n) is 3.98. The Hall–Kier alpha value is -3.53. The van der Waals surface area contributed by atoms with Gasteiger partial charge >= 0.3 is 6.03 Å². The van der Waals surface area contributed by atoms with Crippen molar-refractivity contribution in [2.24, 2.45) is 0 Å². The topological polar surface area (TPSA) is 132 Å². The molecule has 1 fully saturated rings. The summed E-state index contributed by atoms with van der Waals surface area (Å²) in [5.74, 6) is 0.768. The fourth-order valence-corrected chi connectivity index (χ4v) is 2.38. The van der Waals surface area contributed by atoms with E-state index in [9.17, 15) is 14.4 Å². The van der Waals surface area contributed by atoms with Crippen molar-refractivity contribution in [3.8, 4) is 11.5 Å². The Bertz CT molecular complexity index is 895. The highest BCUT2D eigenvalue weighted by Crippen LogP contribution is 2.38. The number of aromatic nitrogens is 2. The van der Waals surface area contributed by atoms with Crippen molar-refractivity contribution in [3.05, 3.63) is 36.7 Å². The molecule has 0 unspecified atom stereocenters. The smallest absolute Gasteiger partial charge is 0.327 e. The highest BCUT2D eigenvalue weighted by molar-refractivity contribution is 6.04. The fraction of sp³-hybridized carbons (Fsp3) is 0.278. The standard InChI is InChI=1S/C18H19N5O5/c1-11(24)21-15-9-12(5-8-19-15)28-13-3-4-14(20-10-13)22-17(26)23-16(25)18(27-2)6-7-18/h3-5,8-10H,6-7H2,1-2H3,(H,19,21,24)(H2,20,22,23,25,26). The highest BCUT2D eigenvalue weighted by atomic mass is 16.5. The predicted molar refractivity (Wildman–Crippen MR) is 99.0 cm³/mol. The summed E-state index contributed by atoms with van der Waals surface area (Å²) in [7, 11) is 1.44. The predicted octanol–water partition coefficient (Wildman–Crippen LogP) is 2.05. The largest absolute Gasteiger partial charge is 0.456 e. The second-order valence-corrected chi connectivity index (χ2v) is 6.15. The minimum absolute atomic E-state index is 0.239. The third kappa shape index (κ3) is 4.80. The van der Waals surface area contributed by atoms with Gasteiger partial charge < -0.3 is 14.8 Å². The third-order valence-corrected chi connectivity index (χ3v) is 3.98. The first kappa shape index (κ1) is 19.2. The van der Waals surface area contributed by atoms with Crippen LogP contribution in [-0.2, 0) is 14.3 Å². The Kier molecular flexibility index (Phi) is 5.50. The lowest BCUT2D eigenvalue weighted by molar-refractivity contribution is -0.132. The molecule has 2 heterocycles. The van der Waals surface area contributed by atoms with Crippen molar-refractivity contribution in [2.75, 3.05) is 17.7 Å². The minimum atomic E-state index is -0.886. The Morgan fingerprint density at radius 3 is 2.43 bits per heavy atom. The summed E-state index contributed by atoms with van der Waals surface area (Å²) in [6.07, 6.45) is 4.09. The molecule has 3 N–H and O–H groups in total. The van der Waals surface area contributed by atoms with Crippen LogP contribution in [0.3, 0.4) is 0 Å². The molecule has 0 bridgehead atoms. The zero-order chi connectivity index (χ0) is 20.1. The number of amides is 4. The molecule has 2 aromatic heterocycles. The maximum Gasteiger partial charge on any atom is 0.327 e. The molecule has 0 atom stereocenters. The molecule has 2 aromatic rings. The van der Waals surface area contributed by atoms with Gasteiger partial charge in [-0.15, -0.1) is 0 Å². The molecule has 4 amide bonds. The van der Waals surface area contributed by atoms with E-state index >= 15 is 0 Å². The molecule has 0 spiro atoms. The summed E-state index contributed by atoms with van der Waals surface area (Å²) in [5, 5.41) is 7.26. The number of carbonyl (C=O) groups is 3. The normalized spacial score (nSPS) is 13.9.